The number of anilines is 1. The molecule has 0 spiro atoms. The van der Waals surface area contributed by atoms with Gasteiger partial charge in [-0.3, -0.25) is 24.0 Å². The molecule has 0 saturated carbocycles. The molecule has 5 rings (SSSR count). The number of imide groups is 1. The average molecular weight is 588 g/mol. The van der Waals surface area contributed by atoms with E-state index in [0.717, 1.165) is 11.3 Å². The minimum absolute atomic E-state index is 0.0216. The molecule has 43 heavy (non-hydrogen) atoms. The zero-order valence-corrected chi connectivity index (χ0v) is 24.2. The highest BCUT2D eigenvalue weighted by molar-refractivity contribution is 6.12. The Morgan fingerprint density at radius 2 is 2.00 bits per heavy atom. The van der Waals surface area contributed by atoms with Crippen LogP contribution in [0.15, 0.2) is 39.7 Å². The van der Waals surface area contributed by atoms with Crippen molar-refractivity contribution in [3.63, 3.8) is 0 Å². The molecule has 0 radical (unpaired) electrons. The number of amides is 4. The van der Waals surface area contributed by atoms with E-state index in [4.69, 9.17) is 10.2 Å². The number of benzene rings is 1. The van der Waals surface area contributed by atoms with E-state index < -0.39 is 23.7 Å². The number of carbonyl (C=O) groups excluding carboxylic acids is 3. The van der Waals surface area contributed by atoms with Crippen molar-refractivity contribution >= 4 is 45.7 Å². The number of carbonyl (C=O) groups is 3. The molecule has 1 aliphatic rings. The van der Waals surface area contributed by atoms with Gasteiger partial charge in [-0.1, -0.05) is 13.8 Å². The molecular weight excluding hydrogens is 554 g/mol. The molecule has 224 valence electrons. The van der Waals surface area contributed by atoms with Crippen molar-refractivity contribution in [3.8, 4) is 6.07 Å². The van der Waals surface area contributed by atoms with Crippen LogP contribution in [0, 0.1) is 17.2 Å². The lowest BCUT2D eigenvalue weighted by Gasteiger charge is -2.18. The average Bonchev–Trinajstić information content (AvgIpc) is 3.57. The first-order valence-electron chi connectivity index (χ1n) is 14.1. The van der Waals surface area contributed by atoms with Gasteiger partial charge in [-0.25, -0.2) is 19.6 Å². The minimum Gasteiger partial charge on any atom is -0.408 e. The number of nitrogens with one attached hydrogen (secondary N) is 1. The molecule has 4 amide bonds. The number of urea groups is 1. The summed E-state index contributed by atoms with van der Waals surface area (Å²) in [5, 5.41) is 12.6. The topological polar surface area (TPSA) is 185 Å². The normalized spacial score (nSPS) is 14.3. The van der Waals surface area contributed by atoms with E-state index in [0.29, 0.717) is 59.4 Å². The summed E-state index contributed by atoms with van der Waals surface area (Å²) in [4.78, 5) is 62.6. The lowest BCUT2D eigenvalue weighted by Crippen LogP contribution is -2.35. The van der Waals surface area contributed by atoms with Crippen molar-refractivity contribution in [1.82, 2.24) is 29.3 Å². The molecule has 0 aliphatic carbocycles. The van der Waals surface area contributed by atoms with E-state index in [9.17, 15) is 24.4 Å². The van der Waals surface area contributed by atoms with Gasteiger partial charge in [0.2, 0.25) is 5.82 Å². The van der Waals surface area contributed by atoms with Crippen molar-refractivity contribution in [2.24, 2.45) is 18.7 Å². The van der Waals surface area contributed by atoms with E-state index in [1.165, 1.54) is 15.7 Å². The monoisotopic (exact) mass is 587 g/mol. The number of fused-ring (bicyclic) bond motifs is 2. The maximum Gasteiger partial charge on any atom is 0.419 e. The standard InChI is InChI=1S/C29H33N9O5/c1-17(2)14-37-22-11-20(7-8-23(22)43-29(37)42)36-16-24(39)38(28(36)41)15-21-10-18-13-32-25(34-26(18)35(21)3)27(40)33-19(12-31)6-4-5-9-30/h7-8,10-11,13,17,19H,4-6,9,14-16,30H2,1-3H3,(H,33,40)/t19-/m0/s1. The zero-order chi connectivity index (χ0) is 30.8. The molecule has 0 unspecified atom stereocenters. The van der Waals surface area contributed by atoms with E-state index in [2.05, 4.69) is 21.4 Å². The fraction of sp³-hybridized carbons (Fsp3) is 0.414. The van der Waals surface area contributed by atoms with Gasteiger partial charge in [-0.05, 0) is 56.0 Å². The highest BCUT2D eigenvalue weighted by Gasteiger charge is 2.37. The maximum atomic E-state index is 13.4. The summed E-state index contributed by atoms with van der Waals surface area (Å²) in [7, 11) is 1.72. The van der Waals surface area contributed by atoms with E-state index in [1.807, 2.05) is 13.8 Å². The van der Waals surface area contributed by atoms with Crippen molar-refractivity contribution in [3.05, 3.63) is 52.5 Å². The summed E-state index contributed by atoms with van der Waals surface area (Å²) in [5.74, 6) is -1.32. The van der Waals surface area contributed by atoms with Crippen LogP contribution in [0.25, 0.3) is 22.1 Å². The largest absolute Gasteiger partial charge is 0.419 e. The summed E-state index contributed by atoms with van der Waals surface area (Å²) in [5.41, 5.74) is 7.99. The van der Waals surface area contributed by atoms with Gasteiger partial charge in [0, 0.05) is 36.6 Å². The number of oxazole rings is 1. The van der Waals surface area contributed by atoms with Gasteiger partial charge >= 0.3 is 11.8 Å². The number of hydrogen-bond acceptors (Lipinski definition) is 9. The van der Waals surface area contributed by atoms with Gasteiger partial charge < -0.3 is 20.0 Å². The number of aromatic nitrogens is 4. The Morgan fingerprint density at radius 3 is 2.72 bits per heavy atom. The molecule has 1 aliphatic heterocycles. The van der Waals surface area contributed by atoms with Crippen LogP contribution < -0.4 is 21.7 Å². The van der Waals surface area contributed by atoms with Gasteiger partial charge in [-0.15, -0.1) is 0 Å². The van der Waals surface area contributed by atoms with Gasteiger partial charge in [0.05, 0.1) is 18.1 Å². The third kappa shape index (κ3) is 5.84. The molecule has 1 saturated heterocycles. The molecule has 3 aromatic heterocycles. The Hall–Kier alpha value is -5.03. The second-order valence-corrected chi connectivity index (χ2v) is 11.0. The van der Waals surface area contributed by atoms with Crippen molar-refractivity contribution in [2.45, 2.75) is 52.2 Å². The molecule has 14 nitrogen and oxygen atoms in total. The van der Waals surface area contributed by atoms with Crippen molar-refractivity contribution in [2.75, 3.05) is 18.0 Å². The number of aryl methyl sites for hydroxylation is 1. The number of rotatable bonds is 11. The van der Waals surface area contributed by atoms with Crippen molar-refractivity contribution < 1.29 is 18.8 Å². The van der Waals surface area contributed by atoms with E-state index in [-0.39, 0.29) is 30.7 Å². The number of hydrogen-bond donors (Lipinski definition) is 2. The molecule has 0 bridgehead atoms. The molecule has 14 heteroatoms. The van der Waals surface area contributed by atoms with Gasteiger partial charge in [0.15, 0.2) is 5.58 Å². The van der Waals surface area contributed by atoms with Crippen molar-refractivity contribution in [1.29, 1.82) is 5.26 Å². The van der Waals surface area contributed by atoms with Crippen LogP contribution in [0.2, 0.25) is 0 Å². The molecular formula is C29H33N9O5. The number of nitrogens with zero attached hydrogens (tertiary/aromatic N) is 7. The van der Waals surface area contributed by atoms with Crippen LogP contribution in [0.3, 0.4) is 0 Å². The molecule has 4 heterocycles. The van der Waals surface area contributed by atoms with E-state index in [1.54, 1.807) is 35.9 Å². The third-order valence-electron chi connectivity index (χ3n) is 7.36. The number of nitrogens with two attached hydrogens (primary N) is 1. The fourth-order valence-electron chi connectivity index (χ4n) is 5.13. The second-order valence-electron chi connectivity index (χ2n) is 11.0. The maximum absolute atomic E-state index is 13.4. The Balaban J connectivity index is 1.34. The predicted octanol–water partition coefficient (Wildman–Crippen LogP) is 2.25. The molecule has 1 atom stereocenters. The van der Waals surface area contributed by atoms with Crippen LogP contribution in [-0.4, -0.2) is 61.0 Å². The predicted molar refractivity (Wildman–Crippen MR) is 157 cm³/mol. The molecule has 4 aromatic rings. The Kier molecular flexibility index (Phi) is 8.27. The van der Waals surface area contributed by atoms with Crippen LogP contribution in [0.4, 0.5) is 10.5 Å². The molecule has 3 N–H and O–H groups in total. The first-order chi connectivity index (χ1) is 20.6. The third-order valence-corrected chi connectivity index (χ3v) is 7.36. The lowest BCUT2D eigenvalue weighted by atomic mass is 10.1. The first-order valence-corrected chi connectivity index (χ1v) is 14.1. The zero-order valence-electron chi connectivity index (χ0n) is 24.2. The Labute approximate surface area is 246 Å². The van der Waals surface area contributed by atoms with Gasteiger partial charge in [0.25, 0.3) is 11.8 Å². The highest BCUT2D eigenvalue weighted by atomic mass is 16.4. The lowest BCUT2D eigenvalue weighted by molar-refractivity contribution is -0.125. The first kappa shape index (κ1) is 29.5. The summed E-state index contributed by atoms with van der Waals surface area (Å²) in [6.45, 7) is 4.76. The molecule has 1 fully saturated rings. The highest BCUT2D eigenvalue weighted by Crippen LogP contribution is 2.27. The Morgan fingerprint density at radius 1 is 1.21 bits per heavy atom. The second kappa shape index (κ2) is 12.1. The number of unbranched alkanes of at least 4 members (excludes halogenated alkanes) is 1. The van der Waals surface area contributed by atoms with Crippen LogP contribution >= 0.6 is 0 Å². The molecule has 1 aromatic carbocycles. The quantitative estimate of drug-likeness (QED) is 0.196. The van der Waals surface area contributed by atoms with Crippen LogP contribution in [0.1, 0.15) is 49.4 Å². The summed E-state index contributed by atoms with van der Waals surface area (Å²) < 4.78 is 8.57. The minimum atomic E-state index is -0.686. The Bertz CT molecular complexity index is 1810. The summed E-state index contributed by atoms with van der Waals surface area (Å²) in [6.07, 6.45) is 3.42. The smallest absolute Gasteiger partial charge is 0.408 e. The SMILES string of the molecule is CC(C)Cn1c(=O)oc2ccc(N3CC(=O)N(Cc4cc5cnc(C(=O)N[C@H](C#N)CCCCN)nc5n4C)C3=O)cc21. The fourth-order valence-corrected chi connectivity index (χ4v) is 5.13. The van der Waals surface area contributed by atoms with Crippen LogP contribution in [0.5, 0.6) is 0 Å². The van der Waals surface area contributed by atoms with Crippen LogP contribution in [-0.2, 0) is 24.9 Å². The van der Waals surface area contributed by atoms with Gasteiger partial charge in [-0.2, -0.15) is 5.26 Å². The van der Waals surface area contributed by atoms with Gasteiger partial charge in [0.1, 0.15) is 18.2 Å². The summed E-state index contributed by atoms with van der Waals surface area (Å²) in [6, 6.07) is 7.60. The van der Waals surface area contributed by atoms with E-state index >= 15 is 0 Å². The summed E-state index contributed by atoms with van der Waals surface area (Å²) >= 11 is 0. The number of nitriles is 1.